The summed E-state index contributed by atoms with van der Waals surface area (Å²) in [5.41, 5.74) is 0. The summed E-state index contributed by atoms with van der Waals surface area (Å²) in [4.78, 5) is 0. The molecule has 0 aromatic rings. The summed E-state index contributed by atoms with van der Waals surface area (Å²) in [6.45, 7) is 4.42. The quantitative estimate of drug-likeness (QED) is 0.465. The molecule has 2 unspecified atom stereocenters. The molecule has 1 nitrogen and oxygen atoms in total. The number of hydrogen-bond donors (Lipinski definition) is 0. The molecular formula is C12H20O. The molecule has 0 saturated heterocycles. The van der Waals surface area contributed by atoms with Gasteiger partial charge in [0.25, 0.3) is 0 Å². The summed E-state index contributed by atoms with van der Waals surface area (Å²) in [6.07, 6.45) is 10.2. The minimum absolute atomic E-state index is 0.872. The van der Waals surface area contributed by atoms with Gasteiger partial charge in [0.15, 0.2) is 0 Å². The van der Waals surface area contributed by atoms with Gasteiger partial charge in [0.2, 0.25) is 0 Å². The standard InChI is InChI=1S/C12H20O/c1-2-13-7-3-4-11-8-10-5-6-12(11)9-10/h2,10-12H,1,3-9H2/t10?,11?,12-/m0/s1. The number of rotatable bonds is 5. The lowest BCUT2D eigenvalue weighted by Gasteiger charge is -2.21. The van der Waals surface area contributed by atoms with Crippen molar-refractivity contribution in [3.05, 3.63) is 12.8 Å². The summed E-state index contributed by atoms with van der Waals surface area (Å²) in [7, 11) is 0. The number of fused-ring (bicyclic) bond motifs is 2. The molecule has 0 spiro atoms. The molecule has 74 valence electrons. The van der Waals surface area contributed by atoms with Gasteiger partial charge < -0.3 is 4.74 Å². The summed E-state index contributed by atoms with van der Waals surface area (Å²) in [5, 5.41) is 0. The maximum absolute atomic E-state index is 5.14. The molecule has 2 aliphatic rings. The minimum Gasteiger partial charge on any atom is -0.502 e. The van der Waals surface area contributed by atoms with E-state index in [9.17, 15) is 0 Å². The summed E-state index contributed by atoms with van der Waals surface area (Å²) >= 11 is 0. The van der Waals surface area contributed by atoms with Crippen molar-refractivity contribution >= 4 is 0 Å². The molecule has 0 aliphatic heterocycles. The third-order valence-corrected chi connectivity index (χ3v) is 3.84. The fraction of sp³-hybridized carbons (Fsp3) is 0.833. The van der Waals surface area contributed by atoms with Crippen LogP contribution in [0.2, 0.25) is 0 Å². The van der Waals surface area contributed by atoms with Gasteiger partial charge in [-0.1, -0.05) is 13.0 Å². The lowest BCUT2D eigenvalue weighted by Crippen LogP contribution is -2.10. The highest BCUT2D eigenvalue weighted by molar-refractivity contribution is 4.89. The van der Waals surface area contributed by atoms with E-state index >= 15 is 0 Å². The molecule has 2 bridgehead atoms. The van der Waals surface area contributed by atoms with Crippen LogP contribution in [0, 0.1) is 17.8 Å². The van der Waals surface area contributed by atoms with E-state index in [-0.39, 0.29) is 0 Å². The Labute approximate surface area is 81.2 Å². The molecule has 3 atom stereocenters. The van der Waals surface area contributed by atoms with Crippen LogP contribution in [0.4, 0.5) is 0 Å². The van der Waals surface area contributed by atoms with Crippen LogP contribution >= 0.6 is 0 Å². The largest absolute Gasteiger partial charge is 0.502 e. The van der Waals surface area contributed by atoms with Gasteiger partial charge in [-0.2, -0.15) is 0 Å². The molecule has 2 saturated carbocycles. The highest BCUT2D eigenvalue weighted by Crippen LogP contribution is 2.49. The highest BCUT2D eigenvalue weighted by Gasteiger charge is 2.38. The topological polar surface area (TPSA) is 9.23 Å². The van der Waals surface area contributed by atoms with Crippen LogP contribution in [0.25, 0.3) is 0 Å². The molecule has 2 fully saturated rings. The summed E-state index contributed by atoms with van der Waals surface area (Å²) in [5.74, 6) is 3.20. The van der Waals surface area contributed by atoms with Crippen molar-refractivity contribution in [2.24, 2.45) is 17.8 Å². The zero-order valence-electron chi connectivity index (χ0n) is 8.37. The molecule has 0 aromatic carbocycles. The first-order valence-corrected chi connectivity index (χ1v) is 5.62. The summed E-state index contributed by atoms with van der Waals surface area (Å²) in [6, 6.07) is 0. The maximum atomic E-state index is 5.14. The zero-order valence-corrected chi connectivity index (χ0v) is 8.37. The highest BCUT2D eigenvalue weighted by atomic mass is 16.5. The Hall–Kier alpha value is -0.460. The van der Waals surface area contributed by atoms with Gasteiger partial charge in [0.1, 0.15) is 0 Å². The Kier molecular flexibility index (Phi) is 2.92. The van der Waals surface area contributed by atoms with E-state index < -0.39 is 0 Å². The third kappa shape index (κ3) is 2.07. The molecule has 2 rings (SSSR count). The second-order valence-corrected chi connectivity index (χ2v) is 4.61. The van der Waals surface area contributed by atoms with Crippen molar-refractivity contribution in [2.45, 2.75) is 38.5 Å². The molecule has 13 heavy (non-hydrogen) atoms. The predicted octanol–water partition coefficient (Wildman–Crippen LogP) is 3.36. The molecule has 0 heterocycles. The van der Waals surface area contributed by atoms with Crippen LogP contribution in [-0.2, 0) is 4.74 Å². The molecular weight excluding hydrogens is 160 g/mol. The van der Waals surface area contributed by atoms with Crippen LogP contribution in [0.1, 0.15) is 38.5 Å². The van der Waals surface area contributed by atoms with E-state index in [4.69, 9.17) is 4.74 Å². The Morgan fingerprint density at radius 1 is 1.31 bits per heavy atom. The molecule has 0 radical (unpaired) electrons. The van der Waals surface area contributed by atoms with E-state index in [0.717, 1.165) is 24.4 Å². The first kappa shape index (κ1) is 9.11. The second kappa shape index (κ2) is 4.17. The minimum atomic E-state index is 0.872. The Morgan fingerprint density at radius 2 is 2.23 bits per heavy atom. The van der Waals surface area contributed by atoms with Crippen molar-refractivity contribution in [1.82, 2.24) is 0 Å². The van der Waals surface area contributed by atoms with E-state index in [1.807, 2.05) is 0 Å². The monoisotopic (exact) mass is 180 g/mol. The first-order valence-electron chi connectivity index (χ1n) is 5.62. The maximum Gasteiger partial charge on any atom is 0.0873 e. The van der Waals surface area contributed by atoms with Crippen molar-refractivity contribution in [1.29, 1.82) is 0 Å². The van der Waals surface area contributed by atoms with Crippen LogP contribution < -0.4 is 0 Å². The molecule has 0 N–H and O–H groups in total. The van der Waals surface area contributed by atoms with E-state index in [1.165, 1.54) is 38.5 Å². The van der Waals surface area contributed by atoms with Gasteiger partial charge in [0, 0.05) is 0 Å². The van der Waals surface area contributed by atoms with Crippen LogP contribution in [0.15, 0.2) is 12.8 Å². The summed E-state index contributed by atoms with van der Waals surface area (Å²) < 4.78 is 5.14. The SMILES string of the molecule is C=COCCCC1CC2CC[C@H]1C2. The predicted molar refractivity (Wildman–Crippen MR) is 54.3 cm³/mol. The van der Waals surface area contributed by atoms with Gasteiger partial charge in [-0.15, -0.1) is 0 Å². The number of hydrogen-bond acceptors (Lipinski definition) is 1. The Balaban J connectivity index is 1.63. The van der Waals surface area contributed by atoms with Crippen LogP contribution in [-0.4, -0.2) is 6.61 Å². The first-order chi connectivity index (χ1) is 6.40. The average Bonchev–Trinajstić information content (AvgIpc) is 2.73. The number of ether oxygens (including phenoxy) is 1. The Morgan fingerprint density at radius 3 is 2.85 bits per heavy atom. The van der Waals surface area contributed by atoms with Crippen molar-refractivity contribution < 1.29 is 4.74 Å². The smallest absolute Gasteiger partial charge is 0.0873 e. The molecule has 2 aliphatic carbocycles. The van der Waals surface area contributed by atoms with Gasteiger partial charge in [-0.05, 0) is 49.9 Å². The molecule has 0 aromatic heterocycles. The normalized spacial score (nSPS) is 36.5. The van der Waals surface area contributed by atoms with Crippen molar-refractivity contribution in [3.8, 4) is 0 Å². The Bertz CT molecular complexity index is 176. The fourth-order valence-corrected chi connectivity index (χ4v) is 3.24. The van der Waals surface area contributed by atoms with E-state index in [1.54, 1.807) is 6.26 Å². The van der Waals surface area contributed by atoms with Gasteiger partial charge in [-0.3, -0.25) is 0 Å². The van der Waals surface area contributed by atoms with E-state index in [0.29, 0.717) is 0 Å². The fourth-order valence-electron chi connectivity index (χ4n) is 3.24. The van der Waals surface area contributed by atoms with Gasteiger partial charge in [-0.25, -0.2) is 0 Å². The zero-order chi connectivity index (χ0) is 9.10. The average molecular weight is 180 g/mol. The second-order valence-electron chi connectivity index (χ2n) is 4.61. The van der Waals surface area contributed by atoms with Crippen LogP contribution in [0.3, 0.4) is 0 Å². The lowest BCUT2D eigenvalue weighted by molar-refractivity contribution is 0.219. The van der Waals surface area contributed by atoms with Crippen molar-refractivity contribution in [3.63, 3.8) is 0 Å². The van der Waals surface area contributed by atoms with Gasteiger partial charge in [0.05, 0.1) is 12.9 Å². The third-order valence-electron chi connectivity index (χ3n) is 3.84. The van der Waals surface area contributed by atoms with Gasteiger partial charge >= 0.3 is 0 Å². The van der Waals surface area contributed by atoms with Crippen molar-refractivity contribution in [2.75, 3.05) is 6.61 Å². The molecule has 0 amide bonds. The molecule has 1 heteroatoms. The van der Waals surface area contributed by atoms with Crippen LogP contribution in [0.5, 0.6) is 0 Å². The van der Waals surface area contributed by atoms with E-state index in [2.05, 4.69) is 6.58 Å². The lowest BCUT2D eigenvalue weighted by atomic mass is 9.86.